The lowest BCUT2D eigenvalue weighted by molar-refractivity contribution is 0.213. The summed E-state index contributed by atoms with van der Waals surface area (Å²) in [6.45, 7) is 0. The molecule has 0 aliphatic heterocycles. The van der Waals surface area contributed by atoms with Gasteiger partial charge >= 0.3 is 0 Å². The van der Waals surface area contributed by atoms with Gasteiger partial charge < -0.3 is 0 Å². The van der Waals surface area contributed by atoms with Crippen LogP contribution in [-0.2, 0) is 10.0 Å². The predicted octanol–water partition coefficient (Wildman–Crippen LogP) is -0.225. The number of alkyl halides is 1. The molecule has 2 N–H and O–H groups in total. The maximum Gasteiger partial charge on any atom is 0.212 e. The minimum atomic E-state index is -3.44. The maximum absolute atomic E-state index is 12.0. The van der Waals surface area contributed by atoms with Crippen molar-refractivity contribution in [2.45, 2.75) is 24.3 Å². The normalized spacial score (nSPS) is 35.8. The van der Waals surface area contributed by atoms with Gasteiger partial charge in [-0.2, -0.15) is 0 Å². The van der Waals surface area contributed by atoms with E-state index in [2.05, 4.69) is 0 Å². The Morgan fingerprint density at radius 3 is 2.00 bits per heavy atom. The van der Waals surface area contributed by atoms with Crippen LogP contribution in [0.4, 0.5) is 4.39 Å². The number of nitrogens with two attached hydrogens (primary N) is 1. The minimum Gasteiger partial charge on any atom is -0.247 e. The van der Waals surface area contributed by atoms with Crippen LogP contribution < -0.4 is 5.14 Å². The molecule has 1 saturated carbocycles. The first-order valence-corrected chi connectivity index (χ1v) is 4.27. The fourth-order valence-corrected chi connectivity index (χ4v) is 1.72. The summed E-state index contributed by atoms with van der Waals surface area (Å²) < 4.78 is 32.7. The zero-order valence-corrected chi connectivity index (χ0v) is 5.57. The van der Waals surface area contributed by atoms with Crippen molar-refractivity contribution in [1.82, 2.24) is 0 Å². The van der Waals surface area contributed by atoms with Crippen LogP contribution in [0.15, 0.2) is 0 Å². The molecule has 1 rings (SSSR count). The van der Waals surface area contributed by atoms with Crippen molar-refractivity contribution in [3.8, 4) is 0 Å². The molecule has 0 radical (unpaired) electrons. The highest BCUT2D eigenvalue weighted by Gasteiger charge is 2.36. The third kappa shape index (κ3) is 1.40. The second kappa shape index (κ2) is 1.91. The molecule has 0 unspecified atom stereocenters. The van der Waals surface area contributed by atoms with E-state index in [9.17, 15) is 12.8 Å². The molecule has 0 aromatic heterocycles. The van der Waals surface area contributed by atoms with Gasteiger partial charge in [-0.05, 0) is 12.8 Å². The molecule has 0 aromatic carbocycles. The first-order chi connectivity index (χ1) is 4.00. The van der Waals surface area contributed by atoms with Crippen LogP contribution in [0, 0.1) is 0 Å². The lowest BCUT2D eigenvalue weighted by atomic mass is 9.97. The van der Waals surface area contributed by atoms with Crippen LogP contribution in [0.1, 0.15) is 12.8 Å². The molecule has 0 aromatic rings. The van der Waals surface area contributed by atoms with Crippen LogP contribution in [0.25, 0.3) is 0 Å². The van der Waals surface area contributed by atoms with Crippen molar-refractivity contribution in [2.75, 3.05) is 0 Å². The average Bonchev–Trinajstić information content (AvgIpc) is 1.55. The van der Waals surface area contributed by atoms with Gasteiger partial charge in [0.2, 0.25) is 10.0 Å². The van der Waals surface area contributed by atoms with E-state index in [4.69, 9.17) is 5.14 Å². The second-order valence-corrected chi connectivity index (χ2v) is 4.12. The quantitative estimate of drug-likeness (QED) is 0.566. The van der Waals surface area contributed by atoms with Gasteiger partial charge in [0.1, 0.15) is 6.17 Å². The van der Waals surface area contributed by atoms with Crippen LogP contribution >= 0.6 is 0 Å². The Morgan fingerprint density at radius 1 is 1.44 bits per heavy atom. The largest absolute Gasteiger partial charge is 0.247 e. The molecule has 54 valence electrons. The SMILES string of the molecule is NS(=O)(=O)C1CC(F)C1. The van der Waals surface area contributed by atoms with Crippen LogP contribution in [-0.4, -0.2) is 19.8 Å². The molecular formula is C4H8FNO2S. The lowest BCUT2D eigenvalue weighted by Crippen LogP contribution is -2.40. The molecular weight excluding hydrogens is 145 g/mol. The minimum absolute atomic E-state index is 0.0822. The molecule has 1 fully saturated rings. The van der Waals surface area contributed by atoms with E-state index in [1.807, 2.05) is 0 Å². The topological polar surface area (TPSA) is 60.2 Å². The fraction of sp³-hybridized carbons (Fsp3) is 1.00. The highest BCUT2D eigenvalue weighted by molar-refractivity contribution is 7.89. The van der Waals surface area contributed by atoms with Crippen LogP contribution in [0.5, 0.6) is 0 Å². The molecule has 9 heavy (non-hydrogen) atoms. The second-order valence-electron chi connectivity index (χ2n) is 2.28. The standard InChI is InChI=1S/C4H8FNO2S/c5-3-1-4(2-3)9(6,7)8/h3-4H,1-2H2,(H2,6,7,8). The summed E-state index contributed by atoms with van der Waals surface area (Å²) in [5.74, 6) is 0. The monoisotopic (exact) mass is 153 g/mol. The van der Waals surface area contributed by atoms with Gasteiger partial charge in [0.15, 0.2) is 0 Å². The highest BCUT2D eigenvalue weighted by atomic mass is 32.2. The number of hydrogen-bond acceptors (Lipinski definition) is 2. The summed E-state index contributed by atoms with van der Waals surface area (Å²) in [5, 5.41) is 4.09. The van der Waals surface area contributed by atoms with Gasteiger partial charge in [0.25, 0.3) is 0 Å². The summed E-state index contributed by atoms with van der Waals surface area (Å²) in [7, 11) is -3.44. The molecule has 0 heterocycles. The third-order valence-corrected chi connectivity index (χ3v) is 2.82. The summed E-state index contributed by atoms with van der Waals surface area (Å²) in [4.78, 5) is 0. The zero-order valence-electron chi connectivity index (χ0n) is 4.75. The van der Waals surface area contributed by atoms with Crippen molar-refractivity contribution in [3.63, 3.8) is 0 Å². The smallest absolute Gasteiger partial charge is 0.212 e. The summed E-state index contributed by atoms with van der Waals surface area (Å²) in [6, 6.07) is 0. The Hall–Kier alpha value is -0.160. The molecule has 0 amide bonds. The Labute approximate surface area is 53.1 Å². The molecule has 0 spiro atoms. The summed E-state index contributed by atoms with van der Waals surface area (Å²) in [6.07, 6.45) is -0.786. The van der Waals surface area contributed by atoms with Crippen molar-refractivity contribution < 1.29 is 12.8 Å². The summed E-state index contributed by atoms with van der Waals surface area (Å²) >= 11 is 0. The number of primary sulfonamides is 1. The first-order valence-electron chi connectivity index (χ1n) is 2.66. The van der Waals surface area contributed by atoms with E-state index in [-0.39, 0.29) is 12.8 Å². The lowest BCUT2D eigenvalue weighted by Gasteiger charge is -2.26. The highest BCUT2D eigenvalue weighted by Crippen LogP contribution is 2.27. The number of sulfonamides is 1. The van der Waals surface area contributed by atoms with Gasteiger partial charge in [-0.15, -0.1) is 0 Å². The molecule has 0 bridgehead atoms. The fourth-order valence-electron chi connectivity index (χ4n) is 0.770. The molecule has 1 aliphatic carbocycles. The first kappa shape index (κ1) is 6.95. The zero-order chi connectivity index (χ0) is 7.07. The van der Waals surface area contributed by atoms with Crippen molar-refractivity contribution in [3.05, 3.63) is 0 Å². The van der Waals surface area contributed by atoms with Crippen molar-refractivity contribution in [1.29, 1.82) is 0 Å². The summed E-state index contributed by atoms with van der Waals surface area (Å²) in [5.41, 5.74) is 0. The van der Waals surface area contributed by atoms with Crippen LogP contribution in [0.2, 0.25) is 0 Å². The Morgan fingerprint density at radius 2 is 1.89 bits per heavy atom. The van der Waals surface area contributed by atoms with Gasteiger partial charge in [0, 0.05) is 0 Å². The van der Waals surface area contributed by atoms with Gasteiger partial charge in [-0.1, -0.05) is 0 Å². The van der Waals surface area contributed by atoms with Crippen LogP contribution in [0.3, 0.4) is 0 Å². The van der Waals surface area contributed by atoms with Gasteiger partial charge in [0.05, 0.1) is 5.25 Å². The van der Waals surface area contributed by atoms with Gasteiger partial charge in [-0.3, -0.25) is 0 Å². The number of halogens is 1. The van der Waals surface area contributed by atoms with E-state index >= 15 is 0 Å². The third-order valence-electron chi connectivity index (χ3n) is 1.50. The Balaban J connectivity index is 2.51. The van der Waals surface area contributed by atoms with Gasteiger partial charge in [-0.25, -0.2) is 17.9 Å². The van der Waals surface area contributed by atoms with E-state index < -0.39 is 21.4 Å². The van der Waals surface area contributed by atoms with E-state index in [0.717, 1.165) is 0 Å². The average molecular weight is 153 g/mol. The molecule has 3 nitrogen and oxygen atoms in total. The van der Waals surface area contributed by atoms with E-state index in [0.29, 0.717) is 0 Å². The molecule has 0 saturated heterocycles. The number of rotatable bonds is 1. The molecule has 1 aliphatic rings. The Kier molecular flexibility index (Phi) is 1.48. The Bertz CT molecular complexity index is 195. The van der Waals surface area contributed by atoms with E-state index in [1.165, 1.54) is 0 Å². The number of hydrogen-bond donors (Lipinski definition) is 1. The van der Waals surface area contributed by atoms with Crippen molar-refractivity contribution in [2.24, 2.45) is 5.14 Å². The van der Waals surface area contributed by atoms with Crippen molar-refractivity contribution >= 4 is 10.0 Å². The predicted molar refractivity (Wildman–Crippen MR) is 31.0 cm³/mol. The van der Waals surface area contributed by atoms with E-state index in [1.54, 1.807) is 0 Å². The molecule has 5 heteroatoms. The molecule has 0 atom stereocenters. The maximum atomic E-state index is 12.0.